The third-order valence-corrected chi connectivity index (χ3v) is 1.85. The quantitative estimate of drug-likeness (QED) is 0.438. The van der Waals surface area contributed by atoms with E-state index < -0.39 is 0 Å². The highest BCUT2D eigenvalue weighted by molar-refractivity contribution is 7.79. The Morgan fingerprint density at radius 2 is 2.00 bits per heavy atom. The molecule has 2 N–H and O–H groups in total. The molecule has 0 aliphatic carbocycles. The maximum atomic E-state index is 8.67. The fraction of sp³-hybridized carbons (Fsp3) is 0. The van der Waals surface area contributed by atoms with Gasteiger partial charge in [0.25, 0.3) is 0 Å². The van der Waals surface area contributed by atoms with Crippen LogP contribution in [0.5, 0.6) is 0 Å². The molecule has 0 heterocycles. The minimum atomic E-state index is 0.334. The summed E-state index contributed by atoms with van der Waals surface area (Å²) >= 11 is 4.66. The molecule has 2 nitrogen and oxygen atoms in total. The molecule has 13 heavy (non-hydrogen) atoms. The van der Waals surface area contributed by atoms with Crippen LogP contribution in [0.3, 0.4) is 0 Å². The van der Waals surface area contributed by atoms with Crippen LogP contribution in [0.1, 0.15) is 5.56 Å². The van der Waals surface area contributed by atoms with E-state index in [-0.39, 0.29) is 0 Å². The van der Waals surface area contributed by atoms with E-state index in [0.29, 0.717) is 11.3 Å². The summed E-state index contributed by atoms with van der Waals surface area (Å²) in [6.07, 6.45) is 0. The molecule has 0 saturated carbocycles. The lowest BCUT2D eigenvalue weighted by Crippen LogP contribution is -2.00. The summed E-state index contributed by atoms with van der Waals surface area (Å²) in [5, 5.41) is 9.97. The number of rotatable bonds is 2. The van der Waals surface area contributed by atoms with Crippen molar-refractivity contribution < 1.29 is 0 Å². The van der Waals surface area contributed by atoms with E-state index in [2.05, 4.69) is 12.2 Å². The molecule has 0 saturated heterocycles. The molecule has 0 bridgehead atoms. The number of nitrogens with zero attached hydrogens (tertiary/aromatic N) is 1. The van der Waals surface area contributed by atoms with Crippen molar-refractivity contribution in [3.8, 4) is 6.07 Å². The van der Waals surface area contributed by atoms with Crippen LogP contribution in [-0.2, 0) is 0 Å². The molecule has 0 aliphatic rings. The lowest BCUT2D eigenvalue weighted by atomic mass is 10.1. The maximum absolute atomic E-state index is 8.67. The van der Waals surface area contributed by atoms with Crippen LogP contribution in [0.4, 0.5) is 0 Å². The van der Waals surface area contributed by atoms with E-state index in [9.17, 15) is 0 Å². The van der Waals surface area contributed by atoms with E-state index in [1.807, 2.05) is 36.4 Å². The van der Waals surface area contributed by atoms with Crippen LogP contribution >= 0.6 is 12.2 Å². The number of nitrogens with two attached hydrogens (primary N) is 1. The van der Waals surface area contributed by atoms with Crippen molar-refractivity contribution in [3.05, 3.63) is 41.5 Å². The fourth-order valence-electron chi connectivity index (χ4n) is 0.923. The molecular weight excluding hydrogens is 180 g/mol. The normalized spacial score (nSPS) is 11.3. The second kappa shape index (κ2) is 4.39. The second-order valence-corrected chi connectivity index (χ2v) is 2.66. The Hall–Kier alpha value is -1.66. The van der Waals surface area contributed by atoms with Crippen molar-refractivity contribution in [1.82, 2.24) is 0 Å². The number of hydrogen-bond donors (Lipinski definition) is 1. The van der Waals surface area contributed by atoms with E-state index in [1.54, 1.807) is 0 Å². The Labute approximate surface area is 82.3 Å². The molecule has 0 unspecified atom stereocenters. The predicted molar refractivity (Wildman–Crippen MR) is 56.8 cm³/mol. The smallest absolute Gasteiger partial charge is 0.102 e. The van der Waals surface area contributed by atoms with Gasteiger partial charge < -0.3 is 5.73 Å². The largest absolute Gasteiger partial charge is 0.397 e. The molecule has 0 radical (unpaired) electrons. The zero-order chi connectivity index (χ0) is 9.68. The van der Waals surface area contributed by atoms with Crippen LogP contribution < -0.4 is 5.73 Å². The molecule has 1 aromatic rings. The molecule has 1 rings (SSSR count). The van der Waals surface area contributed by atoms with Crippen molar-refractivity contribution in [3.63, 3.8) is 0 Å². The third-order valence-electron chi connectivity index (χ3n) is 1.61. The van der Waals surface area contributed by atoms with Gasteiger partial charge in [-0.25, -0.2) is 0 Å². The first-order chi connectivity index (χ1) is 6.29. The van der Waals surface area contributed by atoms with E-state index in [4.69, 9.17) is 11.0 Å². The van der Waals surface area contributed by atoms with Crippen molar-refractivity contribution in [2.45, 2.75) is 0 Å². The van der Waals surface area contributed by atoms with Gasteiger partial charge in [0.2, 0.25) is 0 Å². The van der Waals surface area contributed by atoms with Crippen molar-refractivity contribution in [2.75, 3.05) is 0 Å². The van der Waals surface area contributed by atoms with Gasteiger partial charge in [-0.05, 0) is 5.56 Å². The van der Waals surface area contributed by atoms with Crippen LogP contribution in [0, 0.1) is 11.3 Å². The van der Waals surface area contributed by atoms with Gasteiger partial charge in [-0.3, -0.25) is 0 Å². The van der Waals surface area contributed by atoms with Gasteiger partial charge in [0.15, 0.2) is 0 Å². The monoisotopic (exact) mass is 188 g/mol. The fourth-order valence-corrected chi connectivity index (χ4v) is 1.10. The highest BCUT2D eigenvalue weighted by atomic mass is 32.1. The number of nitriles is 1. The summed E-state index contributed by atoms with van der Waals surface area (Å²) in [6, 6.07) is 11.2. The first kappa shape index (κ1) is 9.43. The molecule has 0 aromatic heterocycles. The maximum Gasteiger partial charge on any atom is 0.102 e. The number of allylic oxidation sites excluding steroid dienone is 1. The van der Waals surface area contributed by atoms with E-state index in [0.717, 1.165) is 5.56 Å². The van der Waals surface area contributed by atoms with Crippen LogP contribution in [-0.4, -0.2) is 5.37 Å². The molecular formula is C10H8N2S. The molecule has 64 valence electrons. The van der Waals surface area contributed by atoms with Gasteiger partial charge in [0.1, 0.15) is 6.07 Å². The highest BCUT2D eigenvalue weighted by Crippen LogP contribution is 2.11. The zero-order valence-corrected chi connectivity index (χ0v) is 7.71. The SMILES string of the molecule is N#C/C(C=S)=C(/N)c1ccccc1. The lowest BCUT2D eigenvalue weighted by Gasteiger charge is -2.00. The van der Waals surface area contributed by atoms with Gasteiger partial charge in [0, 0.05) is 5.37 Å². The molecule has 0 fully saturated rings. The average Bonchev–Trinajstić information content (AvgIpc) is 2.21. The van der Waals surface area contributed by atoms with Crippen molar-refractivity contribution in [1.29, 1.82) is 5.26 Å². The van der Waals surface area contributed by atoms with Crippen molar-refractivity contribution in [2.24, 2.45) is 5.73 Å². The summed E-state index contributed by atoms with van der Waals surface area (Å²) in [7, 11) is 0. The van der Waals surface area contributed by atoms with E-state index >= 15 is 0 Å². The first-order valence-electron chi connectivity index (χ1n) is 3.70. The standard InChI is InChI=1S/C10H8N2S/c11-6-9(7-13)10(12)8-4-2-1-3-5-8/h1-5,7H,12H2/b10-9-. The summed E-state index contributed by atoms with van der Waals surface area (Å²) in [5.41, 5.74) is 7.30. The summed E-state index contributed by atoms with van der Waals surface area (Å²) in [5.74, 6) is 0. The third kappa shape index (κ3) is 2.14. The van der Waals surface area contributed by atoms with Crippen LogP contribution in [0.2, 0.25) is 0 Å². The Bertz CT molecular complexity index is 374. The van der Waals surface area contributed by atoms with Crippen LogP contribution in [0.15, 0.2) is 35.9 Å². The first-order valence-corrected chi connectivity index (χ1v) is 4.17. The molecule has 0 amide bonds. The Balaban J connectivity index is 3.18. The summed E-state index contributed by atoms with van der Waals surface area (Å²) < 4.78 is 0. The molecule has 0 aliphatic heterocycles. The molecule has 3 heteroatoms. The van der Waals surface area contributed by atoms with Gasteiger partial charge in [0.05, 0.1) is 11.3 Å². The number of thiocarbonyl (C=S) groups is 1. The van der Waals surface area contributed by atoms with Crippen LogP contribution in [0.25, 0.3) is 5.70 Å². The minimum Gasteiger partial charge on any atom is -0.397 e. The number of benzene rings is 1. The predicted octanol–water partition coefficient (Wildman–Crippen LogP) is 1.88. The van der Waals surface area contributed by atoms with Gasteiger partial charge in [-0.1, -0.05) is 42.5 Å². The Morgan fingerprint density at radius 1 is 1.38 bits per heavy atom. The molecule has 0 atom stereocenters. The van der Waals surface area contributed by atoms with E-state index in [1.165, 1.54) is 5.37 Å². The average molecular weight is 188 g/mol. The summed E-state index contributed by atoms with van der Waals surface area (Å²) in [4.78, 5) is 0. The van der Waals surface area contributed by atoms with Gasteiger partial charge in [-0.2, -0.15) is 5.26 Å². The summed E-state index contributed by atoms with van der Waals surface area (Å²) in [6.45, 7) is 0. The second-order valence-electron chi connectivity index (χ2n) is 2.42. The molecule has 1 aromatic carbocycles. The Kier molecular flexibility index (Phi) is 3.18. The van der Waals surface area contributed by atoms with Gasteiger partial charge in [-0.15, -0.1) is 0 Å². The zero-order valence-electron chi connectivity index (χ0n) is 6.90. The lowest BCUT2D eigenvalue weighted by molar-refractivity contribution is 1.47. The topological polar surface area (TPSA) is 49.8 Å². The Morgan fingerprint density at radius 3 is 2.46 bits per heavy atom. The van der Waals surface area contributed by atoms with Crippen molar-refractivity contribution >= 4 is 23.3 Å². The van der Waals surface area contributed by atoms with Gasteiger partial charge >= 0.3 is 0 Å². The molecule has 0 spiro atoms. The highest BCUT2D eigenvalue weighted by Gasteiger charge is 2.00. The number of hydrogen-bond acceptors (Lipinski definition) is 3. The minimum absolute atomic E-state index is 0.334.